The lowest BCUT2D eigenvalue weighted by molar-refractivity contribution is -0.137. The number of aliphatic hydroxyl groups is 1. The van der Waals surface area contributed by atoms with Crippen LogP contribution < -0.4 is 20.3 Å². The number of amides is 2. The Kier molecular flexibility index (Phi) is 5.35. The lowest BCUT2D eigenvalue weighted by Gasteiger charge is -2.22. The maximum absolute atomic E-state index is 13.0. The molecule has 3 N–H and O–H groups in total. The number of β-amino-alcohol motifs (C(OH)–C–C–N with tert-alkyl or cyclic N) is 1. The number of benzene rings is 2. The molecule has 0 saturated carbocycles. The molecule has 3 aromatic rings. The van der Waals surface area contributed by atoms with Crippen LogP contribution in [0.1, 0.15) is 11.1 Å². The summed E-state index contributed by atoms with van der Waals surface area (Å²) in [6.45, 7) is 1.53. The number of rotatable bonds is 4. The molecule has 4 rings (SSSR count). The van der Waals surface area contributed by atoms with Crippen LogP contribution in [0.25, 0.3) is 0 Å². The van der Waals surface area contributed by atoms with Crippen molar-refractivity contribution < 1.29 is 27.8 Å². The van der Waals surface area contributed by atoms with E-state index in [9.17, 15) is 23.1 Å². The predicted octanol–water partition coefficient (Wildman–Crippen LogP) is 3.94. The van der Waals surface area contributed by atoms with Crippen molar-refractivity contribution in [3.8, 4) is 11.6 Å². The molecule has 1 saturated heterocycles. The normalized spacial score (nSPS) is 16.5. The molecule has 2 heterocycles. The number of aromatic nitrogens is 2. The Morgan fingerprint density at radius 2 is 1.97 bits per heavy atom. The monoisotopic (exact) mass is 445 g/mol. The fraction of sp³-hybridized carbons (Fsp3) is 0.190. The van der Waals surface area contributed by atoms with Crippen molar-refractivity contribution in [2.24, 2.45) is 0 Å². The number of urea groups is 1. The second-order valence-electron chi connectivity index (χ2n) is 7.10. The van der Waals surface area contributed by atoms with Crippen LogP contribution in [0.2, 0.25) is 0 Å². The number of aliphatic hydroxyl groups excluding tert-OH is 1. The van der Waals surface area contributed by atoms with Gasteiger partial charge in [0.1, 0.15) is 5.75 Å². The molecule has 2 aromatic carbocycles. The SMILES string of the molecule is Cc1cc(Oc2ccnc(N)n2)ccc1N1C(=O)N(c2cccc(C(F)(F)F)c2)C[C@H]1O. The fourth-order valence-corrected chi connectivity index (χ4v) is 3.41. The highest BCUT2D eigenvalue weighted by Gasteiger charge is 2.39. The number of hydrogen-bond donors (Lipinski definition) is 2. The second-order valence-corrected chi connectivity index (χ2v) is 7.10. The van der Waals surface area contributed by atoms with E-state index in [0.717, 1.165) is 21.9 Å². The third kappa shape index (κ3) is 4.14. The number of halogens is 3. The van der Waals surface area contributed by atoms with E-state index < -0.39 is 24.0 Å². The summed E-state index contributed by atoms with van der Waals surface area (Å²) in [5, 5.41) is 10.5. The minimum Gasteiger partial charge on any atom is -0.439 e. The molecule has 1 aliphatic rings. The van der Waals surface area contributed by atoms with Gasteiger partial charge in [-0.1, -0.05) is 6.07 Å². The Labute approximate surface area is 180 Å². The Balaban J connectivity index is 1.58. The van der Waals surface area contributed by atoms with E-state index >= 15 is 0 Å². The quantitative estimate of drug-likeness (QED) is 0.630. The molecule has 2 amide bonds. The van der Waals surface area contributed by atoms with Gasteiger partial charge in [0.25, 0.3) is 0 Å². The minimum atomic E-state index is -4.54. The standard InChI is InChI=1S/C21H18F3N5O3/c1-12-9-15(32-17-7-8-26-19(25)27-17)5-6-16(12)29-18(30)11-28(20(29)31)14-4-2-3-13(10-14)21(22,23)24/h2-10,18,30H,11H2,1H3,(H2,25,26,27)/t18-/m1/s1. The van der Waals surface area contributed by atoms with E-state index in [1.807, 2.05) is 0 Å². The molecule has 32 heavy (non-hydrogen) atoms. The first-order valence-electron chi connectivity index (χ1n) is 9.46. The van der Waals surface area contributed by atoms with Gasteiger partial charge < -0.3 is 15.6 Å². The van der Waals surface area contributed by atoms with Gasteiger partial charge in [0.2, 0.25) is 11.8 Å². The number of nitrogens with two attached hydrogens (primary N) is 1. The third-order valence-electron chi connectivity index (χ3n) is 4.86. The largest absolute Gasteiger partial charge is 0.439 e. The fourth-order valence-electron chi connectivity index (χ4n) is 3.41. The molecule has 0 unspecified atom stereocenters. The maximum atomic E-state index is 13.0. The molecule has 0 bridgehead atoms. The Morgan fingerprint density at radius 1 is 1.19 bits per heavy atom. The van der Waals surface area contributed by atoms with Crippen LogP contribution in [0, 0.1) is 6.92 Å². The van der Waals surface area contributed by atoms with Gasteiger partial charge in [0.15, 0.2) is 6.23 Å². The molecule has 1 fully saturated rings. The predicted molar refractivity (Wildman–Crippen MR) is 110 cm³/mol. The number of hydrogen-bond acceptors (Lipinski definition) is 6. The van der Waals surface area contributed by atoms with Crippen molar-refractivity contribution in [3.63, 3.8) is 0 Å². The van der Waals surface area contributed by atoms with Gasteiger partial charge in [0.05, 0.1) is 17.8 Å². The summed E-state index contributed by atoms with van der Waals surface area (Å²) in [6.07, 6.45) is -4.34. The average molecular weight is 445 g/mol. The molecular weight excluding hydrogens is 427 g/mol. The summed E-state index contributed by atoms with van der Waals surface area (Å²) in [7, 11) is 0. The topological polar surface area (TPSA) is 105 Å². The first-order valence-corrected chi connectivity index (χ1v) is 9.46. The van der Waals surface area contributed by atoms with Crippen LogP contribution >= 0.6 is 0 Å². The number of anilines is 3. The van der Waals surface area contributed by atoms with Gasteiger partial charge in [-0.05, 0) is 48.9 Å². The van der Waals surface area contributed by atoms with Crippen molar-refractivity contribution in [1.82, 2.24) is 9.97 Å². The maximum Gasteiger partial charge on any atom is 0.416 e. The number of nitrogens with zero attached hydrogens (tertiary/aromatic N) is 4. The molecule has 0 spiro atoms. The average Bonchev–Trinajstić information content (AvgIpc) is 3.02. The van der Waals surface area contributed by atoms with E-state index in [4.69, 9.17) is 10.5 Å². The number of carbonyl (C=O) groups excluding carboxylic acids is 1. The summed E-state index contributed by atoms with van der Waals surface area (Å²) < 4.78 is 44.8. The number of alkyl halides is 3. The minimum absolute atomic E-state index is 0.0466. The van der Waals surface area contributed by atoms with Crippen molar-refractivity contribution in [2.75, 3.05) is 22.1 Å². The first kappa shape index (κ1) is 21.4. The number of carbonyl (C=O) groups is 1. The van der Waals surface area contributed by atoms with Gasteiger partial charge in [-0.3, -0.25) is 9.80 Å². The Bertz CT molecular complexity index is 1170. The molecule has 0 radical (unpaired) electrons. The number of aryl methyl sites for hydroxylation is 1. The van der Waals surface area contributed by atoms with E-state index in [1.165, 1.54) is 24.4 Å². The Hall–Kier alpha value is -3.86. The van der Waals surface area contributed by atoms with Crippen molar-refractivity contribution in [3.05, 3.63) is 65.9 Å². The van der Waals surface area contributed by atoms with Crippen LogP contribution in [0.4, 0.5) is 35.3 Å². The highest BCUT2D eigenvalue weighted by Crippen LogP contribution is 2.35. The van der Waals surface area contributed by atoms with E-state index in [-0.39, 0.29) is 24.1 Å². The highest BCUT2D eigenvalue weighted by molar-refractivity contribution is 6.07. The van der Waals surface area contributed by atoms with E-state index in [2.05, 4.69) is 9.97 Å². The first-order chi connectivity index (χ1) is 15.1. The number of nitrogen functional groups attached to an aromatic ring is 1. The van der Waals surface area contributed by atoms with Crippen LogP contribution in [-0.4, -0.2) is 33.9 Å². The van der Waals surface area contributed by atoms with E-state index in [1.54, 1.807) is 25.1 Å². The second kappa shape index (κ2) is 8.00. The molecule has 0 aliphatic carbocycles. The molecule has 1 aliphatic heterocycles. The molecule has 8 nitrogen and oxygen atoms in total. The lowest BCUT2D eigenvalue weighted by atomic mass is 10.1. The van der Waals surface area contributed by atoms with Crippen molar-refractivity contribution >= 4 is 23.4 Å². The highest BCUT2D eigenvalue weighted by atomic mass is 19.4. The van der Waals surface area contributed by atoms with Gasteiger partial charge in [0, 0.05) is 18.0 Å². The molecule has 11 heteroatoms. The van der Waals surface area contributed by atoms with Crippen molar-refractivity contribution in [1.29, 1.82) is 0 Å². The summed E-state index contributed by atoms with van der Waals surface area (Å²) in [5.74, 6) is 0.703. The van der Waals surface area contributed by atoms with Crippen LogP contribution in [-0.2, 0) is 6.18 Å². The zero-order chi connectivity index (χ0) is 23.0. The van der Waals surface area contributed by atoms with Crippen LogP contribution in [0.15, 0.2) is 54.7 Å². The smallest absolute Gasteiger partial charge is 0.416 e. The summed E-state index contributed by atoms with van der Waals surface area (Å²) in [6, 6.07) is 10.1. The summed E-state index contributed by atoms with van der Waals surface area (Å²) >= 11 is 0. The molecule has 1 atom stereocenters. The van der Waals surface area contributed by atoms with Crippen molar-refractivity contribution in [2.45, 2.75) is 19.3 Å². The summed E-state index contributed by atoms with van der Waals surface area (Å²) in [4.78, 5) is 22.9. The zero-order valence-corrected chi connectivity index (χ0v) is 16.7. The lowest BCUT2D eigenvalue weighted by Crippen LogP contribution is -2.35. The summed E-state index contributed by atoms with van der Waals surface area (Å²) in [5.41, 5.74) is 5.70. The van der Waals surface area contributed by atoms with Gasteiger partial charge in [-0.25, -0.2) is 9.78 Å². The van der Waals surface area contributed by atoms with Gasteiger partial charge in [-0.15, -0.1) is 0 Å². The molecule has 166 valence electrons. The third-order valence-corrected chi connectivity index (χ3v) is 4.86. The van der Waals surface area contributed by atoms with Gasteiger partial charge in [-0.2, -0.15) is 18.2 Å². The zero-order valence-electron chi connectivity index (χ0n) is 16.7. The van der Waals surface area contributed by atoms with E-state index in [0.29, 0.717) is 17.0 Å². The Morgan fingerprint density at radius 3 is 2.66 bits per heavy atom. The van der Waals surface area contributed by atoms with Gasteiger partial charge >= 0.3 is 12.2 Å². The number of ether oxygens (including phenoxy) is 1. The van der Waals surface area contributed by atoms with Crippen LogP contribution in [0.5, 0.6) is 11.6 Å². The molecular formula is C21H18F3N5O3. The van der Waals surface area contributed by atoms with Crippen LogP contribution in [0.3, 0.4) is 0 Å². The molecule has 1 aromatic heterocycles.